The number of benzene rings is 2. The zero-order valence-corrected chi connectivity index (χ0v) is 20.9. The van der Waals surface area contributed by atoms with Crippen molar-refractivity contribution in [3.05, 3.63) is 54.0 Å². The van der Waals surface area contributed by atoms with Gasteiger partial charge in [-0.05, 0) is 37.3 Å². The molecule has 0 bridgehead atoms. The SMILES string of the molecule is CC(N1CCOc2c(F)cc(-c3nc(Nc4ccc(N5CCNCC5)c(F)c4)ncc3F)cc21)C(C)(F)F. The highest BCUT2D eigenvalue weighted by Gasteiger charge is 2.38. The molecule has 1 aromatic heterocycles. The molecule has 1 unspecified atom stereocenters. The molecule has 2 aliphatic rings. The Balaban J connectivity index is 1.44. The fourth-order valence-electron chi connectivity index (χ4n) is 4.62. The van der Waals surface area contributed by atoms with E-state index in [-0.39, 0.29) is 41.8 Å². The number of hydrogen-bond acceptors (Lipinski definition) is 7. The van der Waals surface area contributed by atoms with Crippen molar-refractivity contribution < 1.29 is 26.7 Å². The highest BCUT2D eigenvalue weighted by molar-refractivity contribution is 5.73. The molecule has 0 radical (unpaired) electrons. The highest BCUT2D eigenvalue weighted by atomic mass is 19.3. The van der Waals surface area contributed by atoms with E-state index in [0.717, 1.165) is 32.3 Å². The van der Waals surface area contributed by atoms with Gasteiger partial charge < -0.3 is 25.2 Å². The lowest BCUT2D eigenvalue weighted by Gasteiger charge is -2.38. The van der Waals surface area contributed by atoms with Gasteiger partial charge in [-0.25, -0.2) is 31.9 Å². The number of ether oxygens (including phenoxy) is 1. The molecule has 2 N–H and O–H groups in total. The summed E-state index contributed by atoms with van der Waals surface area (Å²) in [6, 6.07) is 5.75. The number of rotatable bonds is 6. The lowest BCUT2D eigenvalue weighted by Crippen LogP contribution is -2.48. The van der Waals surface area contributed by atoms with Crippen molar-refractivity contribution >= 4 is 23.0 Å². The van der Waals surface area contributed by atoms with Crippen LogP contribution in [0.3, 0.4) is 0 Å². The Kier molecular flexibility index (Phi) is 6.99. The Morgan fingerprint density at radius 1 is 1.00 bits per heavy atom. The molecule has 202 valence electrons. The number of fused-ring (bicyclic) bond motifs is 1. The zero-order valence-electron chi connectivity index (χ0n) is 20.9. The van der Waals surface area contributed by atoms with Gasteiger partial charge >= 0.3 is 0 Å². The maximum Gasteiger partial charge on any atom is 0.265 e. The van der Waals surface area contributed by atoms with E-state index >= 15 is 0 Å². The summed E-state index contributed by atoms with van der Waals surface area (Å²) in [4.78, 5) is 11.4. The number of piperazine rings is 1. The summed E-state index contributed by atoms with van der Waals surface area (Å²) in [5.41, 5.74) is 0.670. The Bertz CT molecular complexity index is 1330. The lowest BCUT2D eigenvalue weighted by atomic mass is 10.0. The van der Waals surface area contributed by atoms with E-state index in [4.69, 9.17) is 4.74 Å². The van der Waals surface area contributed by atoms with Crippen LogP contribution in [0.25, 0.3) is 11.3 Å². The second kappa shape index (κ2) is 10.2. The fraction of sp³-hybridized carbons (Fsp3) is 0.385. The first kappa shape index (κ1) is 26.0. The first-order valence-electron chi connectivity index (χ1n) is 12.3. The molecule has 0 saturated carbocycles. The molecule has 38 heavy (non-hydrogen) atoms. The number of anilines is 4. The second-order valence-corrected chi connectivity index (χ2v) is 9.40. The number of alkyl halides is 2. The third kappa shape index (κ3) is 5.17. The second-order valence-electron chi connectivity index (χ2n) is 9.40. The first-order chi connectivity index (χ1) is 18.1. The van der Waals surface area contributed by atoms with E-state index in [1.807, 2.05) is 4.90 Å². The van der Waals surface area contributed by atoms with Crippen molar-refractivity contribution in [3.63, 3.8) is 0 Å². The largest absolute Gasteiger partial charge is 0.486 e. The van der Waals surface area contributed by atoms with Gasteiger partial charge in [-0.2, -0.15) is 0 Å². The average molecular weight is 535 g/mol. The predicted octanol–water partition coefficient (Wildman–Crippen LogP) is 4.96. The summed E-state index contributed by atoms with van der Waals surface area (Å²) in [5.74, 6) is -5.40. The normalized spacial score (nSPS) is 16.6. The van der Waals surface area contributed by atoms with Gasteiger partial charge in [0.25, 0.3) is 5.92 Å². The third-order valence-electron chi connectivity index (χ3n) is 6.79. The molecule has 0 aliphatic carbocycles. The quantitative estimate of drug-likeness (QED) is 0.434. The molecule has 1 fully saturated rings. The Morgan fingerprint density at radius 3 is 2.47 bits per heavy atom. The molecule has 1 saturated heterocycles. The fourth-order valence-corrected chi connectivity index (χ4v) is 4.62. The van der Waals surface area contributed by atoms with Crippen LogP contribution in [-0.2, 0) is 0 Å². The Morgan fingerprint density at radius 2 is 1.76 bits per heavy atom. The van der Waals surface area contributed by atoms with Crippen molar-refractivity contribution in [2.75, 3.05) is 54.4 Å². The monoisotopic (exact) mass is 534 g/mol. The molecule has 2 aromatic carbocycles. The summed E-state index contributed by atoms with van der Waals surface area (Å²) in [6.07, 6.45) is 0.907. The van der Waals surface area contributed by atoms with Gasteiger partial charge in [-0.3, -0.25) is 0 Å². The molecule has 2 aliphatic heterocycles. The summed E-state index contributed by atoms with van der Waals surface area (Å²) in [7, 11) is 0. The molecule has 0 spiro atoms. The van der Waals surface area contributed by atoms with E-state index in [2.05, 4.69) is 20.6 Å². The number of nitrogens with one attached hydrogen (secondary N) is 2. The van der Waals surface area contributed by atoms with Crippen molar-refractivity contribution in [1.82, 2.24) is 15.3 Å². The molecule has 12 heteroatoms. The molecule has 5 rings (SSSR count). The summed E-state index contributed by atoms with van der Waals surface area (Å²) in [5, 5.41) is 6.06. The van der Waals surface area contributed by atoms with Crippen LogP contribution in [-0.4, -0.2) is 61.3 Å². The van der Waals surface area contributed by atoms with Crippen molar-refractivity contribution in [2.45, 2.75) is 25.8 Å². The minimum atomic E-state index is -3.08. The van der Waals surface area contributed by atoms with E-state index in [1.165, 1.54) is 24.0 Å². The molecule has 1 atom stereocenters. The van der Waals surface area contributed by atoms with Gasteiger partial charge in [-0.1, -0.05) is 0 Å². The number of halogens is 5. The van der Waals surface area contributed by atoms with Crippen molar-refractivity contribution in [2.24, 2.45) is 0 Å². The maximum absolute atomic E-state index is 15.0. The van der Waals surface area contributed by atoms with Crippen LogP contribution in [0.15, 0.2) is 36.5 Å². The number of nitrogens with zero attached hydrogens (tertiary/aromatic N) is 4. The standard InChI is InChI=1S/C26H27F5N6O/c1-15(26(2,30)31)37-9-10-38-24-19(28)11-16(12-22(24)37)23-20(29)14-33-25(35-23)34-17-3-4-21(18(27)13-17)36-7-5-32-6-8-36/h3-4,11-15,32H,5-10H2,1-2H3,(H,33,34,35). The van der Waals surface area contributed by atoms with Crippen molar-refractivity contribution in [1.29, 1.82) is 0 Å². The van der Waals surface area contributed by atoms with Gasteiger partial charge in [0.05, 0.1) is 30.2 Å². The van der Waals surface area contributed by atoms with E-state index in [1.54, 1.807) is 12.1 Å². The minimum absolute atomic E-state index is 0.0200. The summed E-state index contributed by atoms with van der Waals surface area (Å²) < 4.78 is 78.2. The molecule has 7 nitrogen and oxygen atoms in total. The van der Waals surface area contributed by atoms with Gasteiger partial charge in [0.15, 0.2) is 17.4 Å². The van der Waals surface area contributed by atoms with Crippen LogP contribution in [0.2, 0.25) is 0 Å². The van der Waals surface area contributed by atoms with Gasteiger partial charge in [-0.15, -0.1) is 0 Å². The first-order valence-corrected chi connectivity index (χ1v) is 12.3. The van der Waals surface area contributed by atoms with Crippen LogP contribution >= 0.6 is 0 Å². The van der Waals surface area contributed by atoms with E-state index in [0.29, 0.717) is 24.5 Å². The smallest absolute Gasteiger partial charge is 0.265 e. The third-order valence-corrected chi connectivity index (χ3v) is 6.79. The molecular weight excluding hydrogens is 507 g/mol. The summed E-state index contributed by atoms with van der Waals surface area (Å²) >= 11 is 0. The number of hydrogen-bond donors (Lipinski definition) is 2. The van der Waals surface area contributed by atoms with Crippen LogP contribution in [0, 0.1) is 17.5 Å². The van der Waals surface area contributed by atoms with E-state index in [9.17, 15) is 22.0 Å². The average Bonchev–Trinajstić information content (AvgIpc) is 2.89. The molecule has 0 amide bonds. The van der Waals surface area contributed by atoms with Gasteiger partial charge in [0.2, 0.25) is 5.95 Å². The molecular formula is C26H27F5N6O. The van der Waals surface area contributed by atoms with Crippen LogP contribution in [0.4, 0.5) is 45.0 Å². The number of aromatic nitrogens is 2. The topological polar surface area (TPSA) is 65.6 Å². The minimum Gasteiger partial charge on any atom is -0.486 e. The Hall–Kier alpha value is -3.67. The molecule has 3 aromatic rings. The summed E-state index contributed by atoms with van der Waals surface area (Å²) in [6.45, 7) is 5.15. The van der Waals surface area contributed by atoms with Crippen LogP contribution < -0.4 is 25.2 Å². The Labute approximate surface area is 216 Å². The van der Waals surface area contributed by atoms with Crippen LogP contribution in [0.5, 0.6) is 5.75 Å². The predicted molar refractivity (Wildman–Crippen MR) is 135 cm³/mol. The van der Waals surface area contributed by atoms with Crippen molar-refractivity contribution in [3.8, 4) is 17.0 Å². The lowest BCUT2D eigenvalue weighted by molar-refractivity contribution is -0.00387. The van der Waals surface area contributed by atoms with E-state index < -0.39 is 29.4 Å². The van der Waals surface area contributed by atoms with Crippen LogP contribution in [0.1, 0.15) is 13.8 Å². The van der Waals surface area contributed by atoms with Gasteiger partial charge in [0.1, 0.15) is 18.1 Å². The highest BCUT2D eigenvalue weighted by Crippen LogP contribution is 2.41. The van der Waals surface area contributed by atoms with Gasteiger partial charge in [0, 0.05) is 44.4 Å². The molecule has 3 heterocycles. The zero-order chi connectivity index (χ0) is 27.0. The maximum atomic E-state index is 15.0.